The van der Waals surface area contributed by atoms with Gasteiger partial charge in [-0.2, -0.15) is 0 Å². The fraction of sp³-hybridized carbons (Fsp3) is 0.833. The van der Waals surface area contributed by atoms with Crippen molar-refractivity contribution in [2.24, 2.45) is 5.41 Å². The maximum absolute atomic E-state index is 12.1. The van der Waals surface area contributed by atoms with Crippen molar-refractivity contribution >= 4 is 43.8 Å². The summed E-state index contributed by atoms with van der Waals surface area (Å²) in [5.41, 5.74) is -1.45. The zero-order valence-corrected chi connectivity index (χ0v) is 13.9. The van der Waals surface area contributed by atoms with Gasteiger partial charge in [0.2, 0.25) is 0 Å². The second-order valence-electron chi connectivity index (χ2n) is 4.27. The number of carbonyl (C=O) groups is 2. The Morgan fingerprint density at radius 3 is 2.11 bits per heavy atom. The first-order chi connectivity index (χ1) is 8.44. The predicted octanol–water partition coefficient (Wildman–Crippen LogP) is 3.36. The van der Waals surface area contributed by atoms with Crippen LogP contribution in [0.3, 0.4) is 0 Å². The van der Waals surface area contributed by atoms with Crippen LogP contribution in [-0.2, 0) is 14.3 Å². The van der Waals surface area contributed by atoms with E-state index in [4.69, 9.17) is 4.74 Å². The normalized spacial score (nSPS) is 13.1. The van der Waals surface area contributed by atoms with Crippen LogP contribution in [0.4, 0.5) is 0 Å². The van der Waals surface area contributed by atoms with Gasteiger partial charge in [0, 0.05) is 10.7 Å². The van der Waals surface area contributed by atoms with Crippen molar-refractivity contribution in [1.29, 1.82) is 0 Å². The van der Waals surface area contributed by atoms with E-state index >= 15 is 0 Å². The van der Waals surface area contributed by atoms with Crippen LogP contribution in [0.15, 0.2) is 0 Å². The first-order valence-electron chi connectivity index (χ1n) is 6.01. The Hall–Kier alpha value is -0.100. The lowest BCUT2D eigenvalue weighted by Gasteiger charge is -2.27. The summed E-state index contributed by atoms with van der Waals surface area (Å²) in [5.74, 6) is -1.75. The standard InChI is InChI=1S/C12H20Br2O4/c1-3-4-9(2)18-11(17)12(5-7-13,6-8-14)10(15)16/h9H,3-8H2,1-2H3,(H,15,16). The number of carboxylic acid groups (broad SMARTS) is 1. The summed E-state index contributed by atoms with van der Waals surface area (Å²) in [6.45, 7) is 3.78. The molecule has 0 saturated heterocycles. The minimum Gasteiger partial charge on any atom is -0.480 e. The van der Waals surface area contributed by atoms with Gasteiger partial charge in [0.25, 0.3) is 0 Å². The lowest BCUT2D eigenvalue weighted by molar-refractivity contribution is -0.172. The highest BCUT2D eigenvalue weighted by molar-refractivity contribution is 9.09. The van der Waals surface area contributed by atoms with Gasteiger partial charge in [-0.15, -0.1) is 0 Å². The molecule has 0 aromatic carbocycles. The van der Waals surface area contributed by atoms with Crippen molar-refractivity contribution in [3.63, 3.8) is 0 Å². The molecule has 0 aliphatic carbocycles. The second kappa shape index (κ2) is 8.91. The fourth-order valence-corrected chi connectivity index (χ4v) is 3.07. The van der Waals surface area contributed by atoms with E-state index in [-0.39, 0.29) is 18.9 Å². The second-order valence-corrected chi connectivity index (χ2v) is 5.86. The molecule has 0 saturated carbocycles. The third kappa shape index (κ3) is 4.88. The number of carboxylic acids is 1. The SMILES string of the molecule is CCCC(C)OC(=O)C(CCBr)(CCBr)C(=O)O. The fourth-order valence-electron chi connectivity index (χ4n) is 1.71. The van der Waals surface area contributed by atoms with E-state index < -0.39 is 17.4 Å². The van der Waals surface area contributed by atoms with Crippen LogP contribution in [0, 0.1) is 5.41 Å². The first kappa shape index (κ1) is 17.9. The van der Waals surface area contributed by atoms with Gasteiger partial charge in [0.05, 0.1) is 6.10 Å². The summed E-state index contributed by atoms with van der Waals surface area (Å²) in [6, 6.07) is 0. The van der Waals surface area contributed by atoms with E-state index in [1.807, 2.05) is 6.92 Å². The summed E-state index contributed by atoms with van der Waals surface area (Å²) in [7, 11) is 0. The zero-order valence-electron chi connectivity index (χ0n) is 10.7. The zero-order chi connectivity index (χ0) is 14.2. The molecule has 4 nitrogen and oxygen atoms in total. The van der Waals surface area contributed by atoms with E-state index in [0.717, 1.165) is 12.8 Å². The molecule has 1 unspecified atom stereocenters. The number of ether oxygens (including phenoxy) is 1. The molecule has 6 heteroatoms. The molecule has 1 atom stereocenters. The van der Waals surface area contributed by atoms with E-state index in [2.05, 4.69) is 31.9 Å². The molecule has 106 valence electrons. The Kier molecular flexibility index (Phi) is 8.86. The number of carbonyl (C=O) groups excluding carboxylic acids is 1. The maximum atomic E-state index is 12.1. The minimum absolute atomic E-state index is 0.228. The Balaban J connectivity index is 4.93. The molecule has 0 radical (unpaired) electrons. The highest BCUT2D eigenvalue weighted by Gasteiger charge is 2.46. The average molecular weight is 388 g/mol. The number of alkyl halides is 2. The molecular formula is C12H20Br2O4. The van der Waals surface area contributed by atoms with Gasteiger partial charge < -0.3 is 9.84 Å². The van der Waals surface area contributed by atoms with Gasteiger partial charge in [0.15, 0.2) is 5.41 Å². The molecule has 0 fully saturated rings. The molecule has 0 aliphatic rings. The van der Waals surface area contributed by atoms with E-state index in [0.29, 0.717) is 10.7 Å². The third-order valence-electron chi connectivity index (χ3n) is 2.85. The van der Waals surface area contributed by atoms with Gasteiger partial charge in [0.1, 0.15) is 0 Å². The smallest absolute Gasteiger partial charge is 0.323 e. The lowest BCUT2D eigenvalue weighted by atomic mass is 9.82. The van der Waals surface area contributed by atoms with Gasteiger partial charge in [-0.3, -0.25) is 9.59 Å². The van der Waals surface area contributed by atoms with Crippen LogP contribution in [0.1, 0.15) is 39.5 Å². The number of rotatable bonds is 9. The molecule has 1 N–H and O–H groups in total. The van der Waals surface area contributed by atoms with Gasteiger partial charge in [-0.05, 0) is 26.2 Å². The van der Waals surface area contributed by atoms with Gasteiger partial charge >= 0.3 is 11.9 Å². The average Bonchev–Trinajstić information content (AvgIpc) is 2.28. The molecule has 0 heterocycles. The number of esters is 1. The highest BCUT2D eigenvalue weighted by atomic mass is 79.9. The summed E-state index contributed by atoms with van der Waals surface area (Å²) in [6.07, 6.45) is 1.85. The highest BCUT2D eigenvalue weighted by Crippen LogP contribution is 2.31. The first-order valence-corrected chi connectivity index (χ1v) is 8.25. The molecule has 0 bridgehead atoms. The molecule has 0 rings (SSSR count). The van der Waals surface area contributed by atoms with Crippen molar-refractivity contribution in [1.82, 2.24) is 0 Å². The van der Waals surface area contributed by atoms with Gasteiger partial charge in [-0.25, -0.2) is 0 Å². The van der Waals surface area contributed by atoms with Crippen LogP contribution < -0.4 is 0 Å². The van der Waals surface area contributed by atoms with Crippen molar-refractivity contribution in [2.45, 2.75) is 45.6 Å². The van der Waals surface area contributed by atoms with Gasteiger partial charge in [-0.1, -0.05) is 45.2 Å². The molecule has 0 aromatic heterocycles. The van der Waals surface area contributed by atoms with Crippen LogP contribution in [0.5, 0.6) is 0 Å². The number of aliphatic carboxylic acids is 1. The van der Waals surface area contributed by atoms with Crippen molar-refractivity contribution in [3.8, 4) is 0 Å². The van der Waals surface area contributed by atoms with Crippen molar-refractivity contribution < 1.29 is 19.4 Å². The van der Waals surface area contributed by atoms with E-state index in [9.17, 15) is 14.7 Å². The molecule has 0 aromatic rings. The largest absolute Gasteiger partial charge is 0.480 e. The Morgan fingerprint density at radius 1 is 1.28 bits per heavy atom. The Labute approximate surface area is 125 Å². The lowest BCUT2D eigenvalue weighted by Crippen LogP contribution is -2.42. The maximum Gasteiger partial charge on any atom is 0.323 e. The summed E-state index contributed by atoms with van der Waals surface area (Å²) in [4.78, 5) is 23.6. The summed E-state index contributed by atoms with van der Waals surface area (Å²) < 4.78 is 5.26. The predicted molar refractivity (Wildman–Crippen MR) is 77.4 cm³/mol. The molecule has 0 amide bonds. The molecule has 0 aliphatic heterocycles. The topological polar surface area (TPSA) is 63.6 Å². The summed E-state index contributed by atoms with van der Waals surface area (Å²) >= 11 is 6.40. The number of halogens is 2. The summed E-state index contributed by atoms with van der Waals surface area (Å²) in [5, 5.41) is 10.3. The molecular weight excluding hydrogens is 368 g/mol. The van der Waals surface area contributed by atoms with Crippen molar-refractivity contribution in [2.75, 3.05) is 10.7 Å². The quantitative estimate of drug-likeness (QED) is 0.374. The van der Waals surface area contributed by atoms with Crippen LogP contribution in [0.25, 0.3) is 0 Å². The van der Waals surface area contributed by atoms with E-state index in [1.165, 1.54) is 0 Å². The molecule has 0 spiro atoms. The van der Waals surface area contributed by atoms with Crippen LogP contribution in [0.2, 0.25) is 0 Å². The Bertz CT molecular complexity index is 275. The van der Waals surface area contributed by atoms with Crippen LogP contribution >= 0.6 is 31.9 Å². The third-order valence-corrected chi connectivity index (χ3v) is 3.64. The van der Waals surface area contributed by atoms with Crippen LogP contribution in [-0.4, -0.2) is 33.8 Å². The number of hydrogen-bond acceptors (Lipinski definition) is 3. The monoisotopic (exact) mass is 386 g/mol. The number of hydrogen-bond donors (Lipinski definition) is 1. The molecule has 18 heavy (non-hydrogen) atoms. The minimum atomic E-state index is -1.45. The van der Waals surface area contributed by atoms with E-state index in [1.54, 1.807) is 6.92 Å². The van der Waals surface area contributed by atoms with Crippen molar-refractivity contribution in [3.05, 3.63) is 0 Å². The Morgan fingerprint density at radius 2 is 1.78 bits per heavy atom.